The molecule has 0 aliphatic heterocycles. The first-order valence-electron chi connectivity index (χ1n) is 9.52. The summed E-state index contributed by atoms with van der Waals surface area (Å²) in [4.78, 5) is 17.6. The molecule has 1 aromatic carbocycles. The normalized spacial score (nSPS) is 11.9. The zero-order chi connectivity index (χ0) is 20.8. The second-order valence-corrected chi connectivity index (χ2v) is 7.36. The number of fused-ring (bicyclic) bond motifs is 4. The van der Waals surface area contributed by atoms with Crippen molar-refractivity contribution in [2.45, 2.75) is 13.5 Å². The molecule has 0 saturated heterocycles. The monoisotopic (exact) mass is 415 g/mol. The van der Waals surface area contributed by atoms with E-state index in [1.165, 1.54) is 6.08 Å². The smallest absolute Gasteiger partial charge is 0.191 e. The number of ketones is 1. The lowest BCUT2D eigenvalue weighted by molar-refractivity contribution is 0.104. The van der Waals surface area contributed by atoms with E-state index in [0.717, 1.165) is 22.3 Å². The van der Waals surface area contributed by atoms with Crippen LogP contribution in [0.3, 0.4) is 0 Å². The number of allylic oxidation sites excluding steroid dienone is 2. The van der Waals surface area contributed by atoms with Crippen LogP contribution in [0.15, 0.2) is 67.4 Å². The molecule has 0 N–H and O–H groups in total. The highest BCUT2D eigenvalue weighted by Gasteiger charge is 2.22. The second-order valence-electron chi connectivity index (χ2n) is 7.00. The lowest BCUT2D eigenvalue weighted by atomic mass is 10.1. The molecule has 148 valence electrons. The van der Waals surface area contributed by atoms with Crippen LogP contribution >= 0.6 is 11.6 Å². The van der Waals surface area contributed by atoms with Crippen molar-refractivity contribution in [1.29, 1.82) is 0 Å². The van der Waals surface area contributed by atoms with Crippen molar-refractivity contribution in [3.63, 3.8) is 0 Å². The highest BCUT2D eigenvalue weighted by atomic mass is 35.5. The van der Waals surface area contributed by atoms with Crippen molar-refractivity contribution >= 4 is 45.8 Å². The molecule has 0 amide bonds. The third-order valence-electron chi connectivity index (χ3n) is 5.17. The SMILES string of the molecule is C=CCn1c2ccccc2n2nc(C)c(C(=O)/C=C/c3c(Cl)nc4ccccn34)c12. The first kappa shape index (κ1) is 18.4. The summed E-state index contributed by atoms with van der Waals surface area (Å²) in [6.45, 7) is 6.29. The maximum Gasteiger partial charge on any atom is 0.191 e. The molecule has 0 bridgehead atoms. The molecule has 0 spiro atoms. The minimum atomic E-state index is -0.141. The summed E-state index contributed by atoms with van der Waals surface area (Å²) >= 11 is 6.30. The maximum absolute atomic E-state index is 13.3. The van der Waals surface area contributed by atoms with Crippen LogP contribution in [0.1, 0.15) is 21.7 Å². The number of aromatic nitrogens is 5. The molecule has 0 saturated carbocycles. The Bertz CT molecular complexity index is 1480. The van der Waals surface area contributed by atoms with E-state index >= 15 is 0 Å². The first-order chi connectivity index (χ1) is 14.6. The average molecular weight is 416 g/mol. The molecule has 0 unspecified atom stereocenters. The molecule has 0 aliphatic rings. The quantitative estimate of drug-likeness (QED) is 0.231. The Balaban J connectivity index is 1.66. The predicted molar refractivity (Wildman–Crippen MR) is 119 cm³/mol. The summed E-state index contributed by atoms with van der Waals surface area (Å²) in [5.41, 5.74) is 5.33. The standard InChI is InChI=1S/C23H18ClN5O/c1-3-13-28-16-8-4-5-9-17(16)29-23(28)21(15(2)26-29)19(30)12-11-18-22(24)25-20-10-6-7-14-27(18)20/h3-12,14H,1,13H2,2H3/b12-11+. The van der Waals surface area contributed by atoms with Crippen LogP contribution in [0.4, 0.5) is 0 Å². The van der Waals surface area contributed by atoms with Gasteiger partial charge in [0.05, 0.1) is 28.0 Å². The van der Waals surface area contributed by atoms with Crippen LogP contribution in [0.25, 0.3) is 28.4 Å². The number of carbonyl (C=O) groups excluding carboxylic acids is 1. The number of hydrogen-bond acceptors (Lipinski definition) is 3. The van der Waals surface area contributed by atoms with Gasteiger partial charge in [-0.15, -0.1) is 6.58 Å². The van der Waals surface area contributed by atoms with E-state index in [4.69, 9.17) is 11.6 Å². The van der Waals surface area contributed by atoms with Gasteiger partial charge in [0.25, 0.3) is 0 Å². The van der Waals surface area contributed by atoms with Gasteiger partial charge < -0.3 is 4.57 Å². The third kappa shape index (κ3) is 2.69. The number of carbonyl (C=O) groups is 1. The topological polar surface area (TPSA) is 56.6 Å². The van der Waals surface area contributed by atoms with Crippen LogP contribution in [-0.2, 0) is 6.54 Å². The number of rotatable bonds is 5. The zero-order valence-electron chi connectivity index (χ0n) is 16.3. The van der Waals surface area contributed by atoms with Crippen molar-refractivity contribution in [3.05, 3.63) is 89.5 Å². The molecule has 7 heteroatoms. The van der Waals surface area contributed by atoms with Gasteiger partial charge in [-0.25, -0.2) is 9.50 Å². The minimum Gasteiger partial charge on any atom is -0.320 e. The lowest BCUT2D eigenvalue weighted by Gasteiger charge is -2.03. The van der Waals surface area contributed by atoms with Gasteiger partial charge in [-0.2, -0.15) is 5.10 Å². The first-order valence-corrected chi connectivity index (χ1v) is 9.90. The summed E-state index contributed by atoms with van der Waals surface area (Å²) in [5.74, 6) is -0.141. The Morgan fingerprint density at radius 1 is 1.17 bits per heavy atom. The van der Waals surface area contributed by atoms with Crippen molar-refractivity contribution < 1.29 is 4.79 Å². The van der Waals surface area contributed by atoms with Crippen molar-refractivity contribution in [2.75, 3.05) is 0 Å². The molecule has 6 nitrogen and oxygen atoms in total. The Hall–Kier alpha value is -3.64. The van der Waals surface area contributed by atoms with Gasteiger partial charge >= 0.3 is 0 Å². The summed E-state index contributed by atoms with van der Waals surface area (Å²) in [5, 5.41) is 4.99. The molecule has 4 aromatic heterocycles. The van der Waals surface area contributed by atoms with E-state index in [1.807, 2.05) is 70.6 Å². The molecular formula is C23H18ClN5O. The van der Waals surface area contributed by atoms with Gasteiger partial charge in [-0.05, 0) is 43.3 Å². The maximum atomic E-state index is 13.3. The van der Waals surface area contributed by atoms with Gasteiger partial charge in [0.2, 0.25) is 0 Å². The molecule has 5 aromatic rings. The molecule has 4 heterocycles. The van der Waals surface area contributed by atoms with Gasteiger partial charge in [0, 0.05) is 12.7 Å². The molecule has 5 rings (SSSR count). The van der Waals surface area contributed by atoms with Crippen LogP contribution in [-0.4, -0.2) is 29.3 Å². The van der Waals surface area contributed by atoms with Crippen molar-refractivity contribution in [2.24, 2.45) is 0 Å². The molecular weight excluding hydrogens is 398 g/mol. The Labute approximate surface area is 177 Å². The Morgan fingerprint density at radius 2 is 1.93 bits per heavy atom. The van der Waals surface area contributed by atoms with Crippen LogP contribution in [0.2, 0.25) is 5.15 Å². The van der Waals surface area contributed by atoms with E-state index < -0.39 is 0 Å². The fourth-order valence-corrected chi connectivity index (χ4v) is 4.13. The van der Waals surface area contributed by atoms with Gasteiger partial charge in [0.1, 0.15) is 11.3 Å². The van der Waals surface area contributed by atoms with E-state index in [1.54, 1.807) is 6.08 Å². The van der Waals surface area contributed by atoms with Gasteiger partial charge in [-0.3, -0.25) is 9.20 Å². The van der Waals surface area contributed by atoms with Crippen LogP contribution < -0.4 is 0 Å². The number of halogens is 1. The number of benzene rings is 1. The summed E-state index contributed by atoms with van der Waals surface area (Å²) in [6.07, 6.45) is 6.91. The van der Waals surface area contributed by atoms with E-state index in [0.29, 0.717) is 28.6 Å². The highest BCUT2D eigenvalue weighted by Crippen LogP contribution is 2.27. The van der Waals surface area contributed by atoms with Gasteiger partial charge in [-0.1, -0.05) is 35.9 Å². The lowest BCUT2D eigenvalue weighted by Crippen LogP contribution is -2.02. The van der Waals surface area contributed by atoms with Crippen LogP contribution in [0.5, 0.6) is 0 Å². The second kappa shape index (κ2) is 7.00. The van der Waals surface area contributed by atoms with Crippen molar-refractivity contribution in [3.8, 4) is 0 Å². The number of nitrogens with zero attached hydrogens (tertiary/aromatic N) is 5. The van der Waals surface area contributed by atoms with E-state index in [9.17, 15) is 4.79 Å². The summed E-state index contributed by atoms with van der Waals surface area (Å²) < 4.78 is 5.74. The van der Waals surface area contributed by atoms with E-state index in [-0.39, 0.29) is 5.78 Å². The number of hydrogen-bond donors (Lipinski definition) is 0. The highest BCUT2D eigenvalue weighted by molar-refractivity contribution is 6.31. The number of aryl methyl sites for hydroxylation is 1. The Morgan fingerprint density at radius 3 is 2.73 bits per heavy atom. The molecule has 0 atom stereocenters. The largest absolute Gasteiger partial charge is 0.320 e. The zero-order valence-corrected chi connectivity index (χ0v) is 17.0. The fraction of sp³-hybridized carbons (Fsp3) is 0.0870. The van der Waals surface area contributed by atoms with E-state index in [2.05, 4.69) is 21.2 Å². The third-order valence-corrected chi connectivity index (χ3v) is 5.44. The predicted octanol–water partition coefficient (Wildman–Crippen LogP) is 4.98. The summed E-state index contributed by atoms with van der Waals surface area (Å²) in [6, 6.07) is 13.6. The van der Waals surface area contributed by atoms with Crippen LogP contribution in [0, 0.1) is 6.92 Å². The van der Waals surface area contributed by atoms with Gasteiger partial charge in [0.15, 0.2) is 10.9 Å². The Kier molecular flexibility index (Phi) is 4.29. The van der Waals surface area contributed by atoms with Crippen molar-refractivity contribution in [1.82, 2.24) is 23.6 Å². The molecule has 0 radical (unpaired) electrons. The molecule has 0 aliphatic carbocycles. The number of pyridine rings is 1. The number of imidazole rings is 2. The number of para-hydroxylation sites is 2. The fourth-order valence-electron chi connectivity index (χ4n) is 3.89. The molecule has 30 heavy (non-hydrogen) atoms. The minimum absolute atomic E-state index is 0.141. The average Bonchev–Trinajstić information content (AvgIpc) is 3.35. The summed E-state index contributed by atoms with van der Waals surface area (Å²) in [7, 11) is 0. The molecule has 0 fully saturated rings.